The third-order valence-electron chi connectivity index (χ3n) is 8.22. The van der Waals surface area contributed by atoms with E-state index in [0.29, 0.717) is 48.0 Å². The zero-order valence-electron chi connectivity index (χ0n) is 22.6. The van der Waals surface area contributed by atoms with E-state index in [2.05, 4.69) is 25.5 Å². The lowest BCUT2D eigenvalue weighted by atomic mass is 9.81. The van der Waals surface area contributed by atoms with Gasteiger partial charge in [0.2, 0.25) is 5.91 Å². The number of benzene rings is 1. The van der Waals surface area contributed by atoms with Crippen molar-refractivity contribution in [1.82, 2.24) is 30.4 Å². The van der Waals surface area contributed by atoms with E-state index in [1.54, 1.807) is 23.1 Å². The molecule has 2 fully saturated rings. The Hall–Kier alpha value is -2.73. The molecule has 1 saturated heterocycles. The van der Waals surface area contributed by atoms with E-state index >= 15 is 0 Å². The van der Waals surface area contributed by atoms with Crippen LogP contribution in [-0.2, 0) is 17.8 Å². The Kier molecular flexibility index (Phi) is 8.89. The number of likely N-dealkylation sites (tertiary alicyclic amines) is 1. The molecule has 0 radical (unpaired) electrons. The van der Waals surface area contributed by atoms with E-state index in [4.69, 9.17) is 11.6 Å². The van der Waals surface area contributed by atoms with Crippen LogP contribution in [0.25, 0.3) is 10.9 Å². The summed E-state index contributed by atoms with van der Waals surface area (Å²) < 4.78 is 13.8. The molecule has 9 nitrogen and oxygen atoms in total. The van der Waals surface area contributed by atoms with Gasteiger partial charge in [-0.2, -0.15) is 0 Å². The number of hydrogen-bond acceptors (Lipinski definition) is 6. The smallest absolute Gasteiger partial charge is 0.280 e. The zero-order chi connectivity index (χ0) is 28.0. The van der Waals surface area contributed by atoms with Crippen LogP contribution in [0.5, 0.6) is 0 Å². The van der Waals surface area contributed by atoms with Crippen molar-refractivity contribution in [1.29, 1.82) is 0 Å². The van der Waals surface area contributed by atoms with Crippen molar-refractivity contribution in [2.75, 3.05) is 26.7 Å². The standard InChI is InChI=1S/C28H32ClFN6O3S.ClH/c1-35-8-7-21-24(14-35)40-27(34-21)26(38)33-22-11-15(28(39)36-9-6-18(30)13-36)2-4-20(22)32-25(37)23-12-16-10-17(29)3-5-19(16)31-23;/h3,5,10,12,15,18,20,22,31H,2,4,6-9,11,13-14H2,1H3,(H,32,37)(H,33,38);1H/t15-,18-,20-,22+;/m0./s1. The molecular weight excluding hydrogens is 590 g/mol. The van der Waals surface area contributed by atoms with Crippen molar-refractivity contribution in [3.63, 3.8) is 0 Å². The fourth-order valence-electron chi connectivity index (χ4n) is 6.03. The Bertz CT molecular complexity index is 1460. The fourth-order valence-corrected chi connectivity index (χ4v) is 7.30. The van der Waals surface area contributed by atoms with Gasteiger partial charge in [-0.05, 0) is 57.0 Å². The molecule has 0 unspecified atom stereocenters. The second-order valence-electron chi connectivity index (χ2n) is 11.1. The van der Waals surface area contributed by atoms with Crippen molar-refractivity contribution >= 4 is 64.0 Å². The van der Waals surface area contributed by atoms with Crippen molar-refractivity contribution in [2.45, 2.75) is 56.9 Å². The van der Waals surface area contributed by atoms with Gasteiger partial charge in [0.15, 0.2) is 5.01 Å². The first-order chi connectivity index (χ1) is 19.2. The maximum absolute atomic E-state index is 13.8. The summed E-state index contributed by atoms with van der Waals surface area (Å²) in [4.78, 5) is 52.5. The van der Waals surface area contributed by atoms with Gasteiger partial charge >= 0.3 is 0 Å². The number of hydrogen-bond donors (Lipinski definition) is 3. The highest BCUT2D eigenvalue weighted by atomic mass is 35.5. The summed E-state index contributed by atoms with van der Waals surface area (Å²) in [6, 6.07) is 6.24. The molecule has 0 bridgehead atoms. The zero-order valence-corrected chi connectivity index (χ0v) is 25.0. The third kappa shape index (κ3) is 6.38. The first-order valence-electron chi connectivity index (χ1n) is 13.7. The van der Waals surface area contributed by atoms with Gasteiger partial charge in [0, 0.05) is 58.8 Å². The summed E-state index contributed by atoms with van der Waals surface area (Å²) in [5, 5.41) is 7.97. The molecule has 1 aromatic carbocycles. The second-order valence-corrected chi connectivity index (χ2v) is 12.7. The van der Waals surface area contributed by atoms with Crippen LogP contribution in [0.3, 0.4) is 0 Å². The summed E-state index contributed by atoms with van der Waals surface area (Å²) in [7, 11) is 2.04. The van der Waals surface area contributed by atoms with Crippen molar-refractivity contribution in [3.05, 3.63) is 50.6 Å². The number of H-pyrrole nitrogens is 1. The average molecular weight is 624 g/mol. The monoisotopic (exact) mass is 622 g/mol. The normalized spacial score (nSPS) is 24.5. The fraction of sp³-hybridized carbons (Fsp3) is 0.500. The van der Waals surface area contributed by atoms with E-state index in [9.17, 15) is 18.8 Å². The first kappa shape index (κ1) is 29.8. The number of alkyl halides is 1. The highest BCUT2D eigenvalue weighted by Gasteiger charge is 2.39. The van der Waals surface area contributed by atoms with Crippen LogP contribution in [-0.4, -0.2) is 82.4 Å². The minimum atomic E-state index is -0.990. The lowest BCUT2D eigenvalue weighted by molar-refractivity contribution is -0.136. The number of nitrogens with zero attached hydrogens (tertiary/aromatic N) is 3. The van der Waals surface area contributed by atoms with Gasteiger partial charge in [-0.3, -0.25) is 14.4 Å². The highest BCUT2D eigenvalue weighted by molar-refractivity contribution is 7.13. The van der Waals surface area contributed by atoms with Gasteiger partial charge in [0.1, 0.15) is 11.9 Å². The van der Waals surface area contributed by atoms with E-state index in [1.807, 2.05) is 13.1 Å². The Morgan fingerprint density at radius 2 is 1.90 bits per heavy atom. The number of aromatic amines is 1. The maximum Gasteiger partial charge on any atom is 0.280 e. The summed E-state index contributed by atoms with van der Waals surface area (Å²) in [5.74, 6) is -1.03. The number of carbonyl (C=O) groups is 3. The lowest BCUT2D eigenvalue weighted by Gasteiger charge is -2.37. The number of rotatable bonds is 5. The predicted molar refractivity (Wildman–Crippen MR) is 159 cm³/mol. The molecule has 4 atom stereocenters. The van der Waals surface area contributed by atoms with Crippen LogP contribution in [0.15, 0.2) is 24.3 Å². The molecule has 3 amide bonds. The molecule has 2 aliphatic heterocycles. The molecule has 41 heavy (non-hydrogen) atoms. The van der Waals surface area contributed by atoms with Gasteiger partial charge in [-0.25, -0.2) is 9.37 Å². The topological polar surface area (TPSA) is 110 Å². The van der Waals surface area contributed by atoms with Gasteiger partial charge < -0.3 is 25.4 Å². The van der Waals surface area contributed by atoms with E-state index in [-0.39, 0.29) is 48.6 Å². The Morgan fingerprint density at radius 3 is 2.68 bits per heavy atom. The molecule has 6 rings (SSSR count). The highest BCUT2D eigenvalue weighted by Crippen LogP contribution is 2.30. The van der Waals surface area contributed by atoms with E-state index < -0.39 is 12.2 Å². The quantitative estimate of drug-likeness (QED) is 0.399. The number of amides is 3. The minimum absolute atomic E-state index is 0. The number of carbonyl (C=O) groups excluding carboxylic acids is 3. The number of fused-ring (bicyclic) bond motifs is 2. The van der Waals surface area contributed by atoms with Crippen molar-refractivity contribution in [3.8, 4) is 0 Å². The summed E-state index contributed by atoms with van der Waals surface area (Å²) >= 11 is 7.50. The molecule has 3 aromatic rings. The van der Waals surface area contributed by atoms with Gasteiger partial charge in [0.05, 0.1) is 18.3 Å². The molecule has 1 aliphatic carbocycles. The summed E-state index contributed by atoms with van der Waals surface area (Å²) in [6.07, 6.45) is 1.58. The number of thiazole rings is 1. The largest absolute Gasteiger partial charge is 0.351 e. The van der Waals surface area contributed by atoms with Gasteiger partial charge in [0.25, 0.3) is 11.8 Å². The van der Waals surface area contributed by atoms with Crippen LogP contribution in [0.2, 0.25) is 5.02 Å². The number of nitrogens with one attached hydrogen (secondary N) is 3. The summed E-state index contributed by atoms with van der Waals surface area (Å²) in [6.45, 7) is 2.20. The molecule has 4 heterocycles. The van der Waals surface area contributed by atoms with Crippen molar-refractivity contribution < 1.29 is 18.8 Å². The Balaban J connectivity index is 0.00000337. The number of likely N-dealkylation sites (N-methyl/N-ethyl adjacent to an activating group) is 1. The predicted octanol–water partition coefficient (Wildman–Crippen LogP) is 3.96. The van der Waals surface area contributed by atoms with Crippen LogP contribution >= 0.6 is 35.3 Å². The Labute approximate surface area is 252 Å². The van der Waals surface area contributed by atoms with Crippen molar-refractivity contribution in [2.24, 2.45) is 5.92 Å². The van der Waals surface area contributed by atoms with E-state index in [1.165, 1.54) is 11.3 Å². The molecule has 1 saturated carbocycles. The maximum atomic E-state index is 13.8. The molecule has 3 aliphatic rings. The van der Waals surface area contributed by atoms with Crippen LogP contribution < -0.4 is 10.6 Å². The van der Waals surface area contributed by atoms with E-state index in [0.717, 1.165) is 41.0 Å². The van der Waals surface area contributed by atoms with Crippen LogP contribution in [0.4, 0.5) is 4.39 Å². The van der Waals surface area contributed by atoms with Gasteiger partial charge in [-0.1, -0.05) is 11.6 Å². The molecule has 220 valence electrons. The van der Waals surface area contributed by atoms with Crippen LogP contribution in [0, 0.1) is 5.92 Å². The molecule has 2 aromatic heterocycles. The SMILES string of the molecule is CN1CCc2nc(C(=O)N[C@@H]3C[C@@H](C(=O)N4CC[C@H](F)C4)CC[C@@H]3NC(=O)c3cc4cc(Cl)ccc4[nH]3)sc2C1.Cl. The minimum Gasteiger partial charge on any atom is -0.351 e. The lowest BCUT2D eigenvalue weighted by Crippen LogP contribution is -2.56. The molecular formula is C28H33Cl2FN6O3S. The Morgan fingerprint density at radius 1 is 1.10 bits per heavy atom. The molecule has 0 spiro atoms. The second kappa shape index (κ2) is 12.2. The summed E-state index contributed by atoms with van der Waals surface area (Å²) in [5.41, 5.74) is 2.15. The molecule has 13 heteroatoms. The third-order valence-corrected chi connectivity index (χ3v) is 9.53. The first-order valence-corrected chi connectivity index (χ1v) is 14.9. The molecule has 3 N–H and O–H groups in total. The number of aromatic nitrogens is 2. The average Bonchev–Trinajstić information content (AvgIpc) is 3.66. The number of halogens is 3. The van der Waals surface area contributed by atoms with Crippen LogP contribution in [0.1, 0.15) is 56.5 Å². The van der Waals surface area contributed by atoms with Gasteiger partial charge in [-0.15, -0.1) is 23.7 Å².